The van der Waals surface area contributed by atoms with Crippen LogP contribution in [0.1, 0.15) is 12.5 Å². The number of hydrogen-bond acceptors (Lipinski definition) is 4. The van der Waals surface area contributed by atoms with Crippen LogP contribution >= 0.6 is 15.9 Å². The quantitative estimate of drug-likeness (QED) is 0.878. The van der Waals surface area contributed by atoms with Crippen LogP contribution in [-0.4, -0.2) is 17.6 Å². The molecule has 0 saturated heterocycles. The van der Waals surface area contributed by atoms with Gasteiger partial charge >= 0.3 is 0 Å². The fraction of sp³-hybridized carbons (Fsp3) is 0.188. The van der Waals surface area contributed by atoms with Gasteiger partial charge in [0.05, 0.1) is 12.1 Å². The van der Waals surface area contributed by atoms with E-state index in [2.05, 4.69) is 27.8 Å². The smallest absolute Gasteiger partial charge is 0.196 e. The Bertz CT molecular complexity index is 682. The maximum atomic E-state index is 9.48. The molecule has 1 aliphatic heterocycles. The van der Waals surface area contributed by atoms with Crippen molar-refractivity contribution >= 4 is 27.6 Å². The van der Waals surface area contributed by atoms with E-state index in [4.69, 9.17) is 5.73 Å². The van der Waals surface area contributed by atoms with Crippen molar-refractivity contribution in [3.05, 3.63) is 58.6 Å². The summed E-state index contributed by atoms with van der Waals surface area (Å²) < 4.78 is 1.02. The van der Waals surface area contributed by atoms with Crippen LogP contribution in [0.4, 0.5) is 5.69 Å². The lowest BCUT2D eigenvalue weighted by molar-refractivity contribution is 0.473. The van der Waals surface area contributed by atoms with Crippen LogP contribution in [0.3, 0.4) is 0 Å². The van der Waals surface area contributed by atoms with Crippen molar-refractivity contribution in [3.8, 4) is 5.75 Å². The standard InChI is InChI=1S/C16H16BrN3O/c1-16(11-2-8-14(21)9-3-11)10-19-15(18)20(16)13-6-4-12(17)5-7-13/h2-9,21H,10H2,1H3,(H2,18,19). The zero-order chi connectivity index (χ0) is 15.0. The second-order valence-corrected chi connectivity index (χ2v) is 6.22. The number of nitrogens with zero attached hydrogens (tertiary/aromatic N) is 2. The Hall–Kier alpha value is -2.01. The van der Waals surface area contributed by atoms with E-state index in [0.29, 0.717) is 12.5 Å². The zero-order valence-corrected chi connectivity index (χ0v) is 13.2. The van der Waals surface area contributed by atoms with Gasteiger partial charge < -0.3 is 15.7 Å². The predicted octanol–water partition coefficient (Wildman–Crippen LogP) is 3.20. The van der Waals surface area contributed by atoms with Crippen molar-refractivity contribution in [2.45, 2.75) is 12.5 Å². The maximum Gasteiger partial charge on any atom is 0.196 e. The minimum Gasteiger partial charge on any atom is -0.508 e. The van der Waals surface area contributed by atoms with Gasteiger partial charge in [-0.3, -0.25) is 4.99 Å². The highest BCUT2D eigenvalue weighted by Gasteiger charge is 2.40. The Morgan fingerprint density at radius 3 is 2.38 bits per heavy atom. The molecule has 3 rings (SSSR count). The molecule has 0 amide bonds. The molecule has 0 fully saturated rings. The van der Waals surface area contributed by atoms with Gasteiger partial charge in [-0.1, -0.05) is 28.1 Å². The Labute approximate surface area is 132 Å². The largest absolute Gasteiger partial charge is 0.508 e. The first-order valence-electron chi connectivity index (χ1n) is 6.66. The topological polar surface area (TPSA) is 61.9 Å². The number of anilines is 1. The summed E-state index contributed by atoms with van der Waals surface area (Å²) in [5.74, 6) is 0.761. The molecule has 21 heavy (non-hydrogen) atoms. The van der Waals surface area contributed by atoms with Crippen LogP contribution in [0.2, 0.25) is 0 Å². The molecule has 4 nitrogen and oxygen atoms in total. The fourth-order valence-corrected chi connectivity index (χ4v) is 2.94. The molecule has 3 N–H and O–H groups in total. The van der Waals surface area contributed by atoms with Gasteiger partial charge in [0.25, 0.3) is 0 Å². The first-order chi connectivity index (χ1) is 10.0. The lowest BCUT2D eigenvalue weighted by Gasteiger charge is -2.36. The van der Waals surface area contributed by atoms with Gasteiger partial charge in [0, 0.05) is 10.2 Å². The average molecular weight is 346 g/mol. The summed E-state index contributed by atoms with van der Waals surface area (Å²) in [4.78, 5) is 6.45. The van der Waals surface area contributed by atoms with Gasteiger partial charge in [0.1, 0.15) is 5.75 Å². The number of rotatable bonds is 2. The second-order valence-electron chi connectivity index (χ2n) is 5.31. The molecule has 2 aromatic carbocycles. The first kappa shape index (κ1) is 13.9. The highest BCUT2D eigenvalue weighted by molar-refractivity contribution is 9.10. The molecule has 1 atom stereocenters. The number of halogens is 1. The van der Waals surface area contributed by atoms with E-state index in [-0.39, 0.29) is 11.3 Å². The van der Waals surface area contributed by atoms with Gasteiger partial charge in [-0.2, -0.15) is 0 Å². The van der Waals surface area contributed by atoms with Crippen molar-refractivity contribution in [2.24, 2.45) is 10.7 Å². The van der Waals surface area contributed by atoms with E-state index in [0.717, 1.165) is 15.7 Å². The summed E-state index contributed by atoms with van der Waals surface area (Å²) >= 11 is 3.44. The van der Waals surface area contributed by atoms with Crippen LogP contribution in [0.25, 0.3) is 0 Å². The monoisotopic (exact) mass is 345 g/mol. The maximum absolute atomic E-state index is 9.48. The van der Waals surface area contributed by atoms with Crippen molar-refractivity contribution in [1.29, 1.82) is 0 Å². The third-order valence-electron chi connectivity index (χ3n) is 3.85. The number of phenolic OH excluding ortho intramolecular Hbond substituents is 1. The van der Waals surface area contributed by atoms with Crippen LogP contribution in [0.15, 0.2) is 58.0 Å². The number of aliphatic imine (C=N–C) groups is 1. The molecule has 1 aliphatic rings. The number of guanidine groups is 1. The van der Waals surface area contributed by atoms with Crippen molar-refractivity contribution < 1.29 is 5.11 Å². The predicted molar refractivity (Wildman–Crippen MR) is 88.6 cm³/mol. The molecule has 0 bridgehead atoms. The fourth-order valence-electron chi connectivity index (χ4n) is 2.68. The lowest BCUT2D eigenvalue weighted by Crippen LogP contribution is -2.47. The van der Waals surface area contributed by atoms with E-state index < -0.39 is 0 Å². The third kappa shape index (κ3) is 2.38. The summed E-state index contributed by atoms with van der Waals surface area (Å²) in [6.45, 7) is 2.68. The normalized spacial score (nSPS) is 21.4. The van der Waals surface area contributed by atoms with E-state index in [1.807, 2.05) is 41.3 Å². The first-order valence-corrected chi connectivity index (χ1v) is 7.45. The van der Waals surface area contributed by atoms with Gasteiger partial charge in [0.2, 0.25) is 0 Å². The van der Waals surface area contributed by atoms with E-state index in [9.17, 15) is 5.11 Å². The highest BCUT2D eigenvalue weighted by atomic mass is 79.9. The Morgan fingerprint density at radius 1 is 1.14 bits per heavy atom. The number of benzene rings is 2. The summed E-state index contributed by atoms with van der Waals surface area (Å²) in [5.41, 5.74) is 7.81. The minimum absolute atomic E-state index is 0.254. The molecule has 108 valence electrons. The van der Waals surface area contributed by atoms with Gasteiger partial charge in [-0.25, -0.2) is 0 Å². The minimum atomic E-state index is -0.356. The molecule has 0 aliphatic carbocycles. The van der Waals surface area contributed by atoms with E-state index in [1.165, 1.54) is 0 Å². The summed E-state index contributed by atoms with van der Waals surface area (Å²) in [7, 11) is 0. The zero-order valence-electron chi connectivity index (χ0n) is 11.6. The number of nitrogens with two attached hydrogens (primary N) is 1. The molecule has 0 saturated carbocycles. The molecule has 2 aromatic rings. The molecular formula is C16H16BrN3O. The molecule has 0 radical (unpaired) electrons. The number of aromatic hydroxyl groups is 1. The third-order valence-corrected chi connectivity index (χ3v) is 4.37. The Morgan fingerprint density at radius 2 is 1.76 bits per heavy atom. The van der Waals surface area contributed by atoms with Gasteiger partial charge in [-0.05, 0) is 48.9 Å². The van der Waals surface area contributed by atoms with E-state index in [1.54, 1.807) is 12.1 Å². The van der Waals surface area contributed by atoms with Gasteiger partial charge in [0.15, 0.2) is 5.96 Å². The molecule has 5 heteroatoms. The summed E-state index contributed by atoms with van der Waals surface area (Å²) in [5, 5.41) is 9.48. The van der Waals surface area contributed by atoms with Gasteiger partial charge in [-0.15, -0.1) is 0 Å². The SMILES string of the molecule is CC1(c2ccc(O)cc2)CN=C(N)N1c1ccc(Br)cc1. The highest BCUT2D eigenvalue weighted by Crippen LogP contribution is 2.37. The molecule has 1 heterocycles. The molecule has 1 unspecified atom stereocenters. The van der Waals surface area contributed by atoms with E-state index >= 15 is 0 Å². The summed E-state index contributed by atoms with van der Waals surface area (Å²) in [6, 6.07) is 15.2. The number of hydrogen-bond donors (Lipinski definition) is 2. The number of phenols is 1. The average Bonchev–Trinajstić information content (AvgIpc) is 2.78. The second kappa shape index (κ2) is 5.07. The molecule has 0 aromatic heterocycles. The molecule has 0 spiro atoms. The van der Waals surface area contributed by atoms with Crippen LogP contribution < -0.4 is 10.6 Å². The summed E-state index contributed by atoms with van der Waals surface area (Å²) in [6.07, 6.45) is 0. The van der Waals surface area contributed by atoms with Crippen LogP contribution in [0.5, 0.6) is 5.75 Å². The lowest BCUT2D eigenvalue weighted by atomic mass is 9.90. The van der Waals surface area contributed by atoms with Crippen molar-refractivity contribution in [3.63, 3.8) is 0 Å². The van der Waals surface area contributed by atoms with Crippen molar-refractivity contribution in [2.75, 3.05) is 11.4 Å². The Balaban J connectivity index is 2.05. The van der Waals surface area contributed by atoms with Crippen LogP contribution in [-0.2, 0) is 5.54 Å². The van der Waals surface area contributed by atoms with Crippen LogP contribution in [0, 0.1) is 0 Å². The Kier molecular flexibility index (Phi) is 3.37. The van der Waals surface area contributed by atoms with Crippen molar-refractivity contribution in [1.82, 2.24) is 0 Å². The molecular weight excluding hydrogens is 330 g/mol.